The van der Waals surface area contributed by atoms with Gasteiger partial charge in [0.2, 0.25) is 5.54 Å². The molecule has 0 saturated heterocycles. The van der Waals surface area contributed by atoms with Gasteiger partial charge >= 0.3 is 0 Å². The summed E-state index contributed by atoms with van der Waals surface area (Å²) in [6.07, 6.45) is 11.0. The Morgan fingerprint density at radius 3 is 1.94 bits per heavy atom. The first-order valence-electron chi connectivity index (χ1n) is 7.71. The van der Waals surface area contributed by atoms with E-state index >= 15 is 0 Å². The van der Waals surface area contributed by atoms with Crippen LogP contribution < -0.4 is 0 Å². The minimum absolute atomic E-state index is 0.117. The summed E-state index contributed by atoms with van der Waals surface area (Å²) in [7, 11) is 0. The largest absolute Gasteiger partial charge is 0.264 e. The molecule has 0 aliphatic heterocycles. The van der Waals surface area contributed by atoms with E-state index in [9.17, 15) is 10.1 Å². The molecule has 3 nitrogen and oxygen atoms in total. The van der Waals surface area contributed by atoms with Crippen molar-refractivity contribution in [3.8, 4) is 0 Å². The van der Waals surface area contributed by atoms with Crippen LogP contribution in [0.3, 0.4) is 0 Å². The first-order chi connectivity index (χ1) is 8.57. The third-order valence-corrected chi connectivity index (χ3v) is 6.55. The lowest BCUT2D eigenvalue weighted by Gasteiger charge is -2.40. The fraction of sp³-hybridized carbons (Fsp3) is 1.00. The molecule has 0 aromatic carbocycles. The Morgan fingerprint density at radius 2 is 1.44 bits per heavy atom. The van der Waals surface area contributed by atoms with Gasteiger partial charge in [-0.15, -0.1) is 0 Å². The Kier molecular flexibility index (Phi) is 2.91. The summed E-state index contributed by atoms with van der Waals surface area (Å²) in [5.74, 6) is 1.21. The van der Waals surface area contributed by atoms with Crippen molar-refractivity contribution in [2.75, 3.05) is 0 Å². The van der Waals surface area contributed by atoms with E-state index in [1.165, 1.54) is 25.7 Å². The average Bonchev–Trinajstić information content (AvgIpc) is 2.48. The van der Waals surface area contributed by atoms with Crippen LogP contribution in [0.1, 0.15) is 71.1 Å². The van der Waals surface area contributed by atoms with Crippen LogP contribution in [0.15, 0.2) is 0 Å². The molecule has 3 heteroatoms. The quantitative estimate of drug-likeness (QED) is 0.518. The molecule has 0 spiro atoms. The van der Waals surface area contributed by atoms with E-state index in [0.29, 0.717) is 11.3 Å². The number of nitrogens with zero attached hydrogens (tertiary/aromatic N) is 1. The second kappa shape index (κ2) is 4.21. The molecule has 6 fully saturated rings. The maximum Gasteiger partial charge on any atom is 0.225 e. The summed E-state index contributed by atoms with van der Waals surface area (Å²) in [5.41, 5.74) is -0.0747. The monoisotopic (exact) mass is 251 g/mol. The van der Waals surface area contributed by atoms with Crippen LogP contribution in [0.4, 0.5) is 0 Å². The topological polar surface area (TPSA) is 43.1 Å². The molecule has 6 rings (SSSR count). The number of nitro groups is 1. The van der Waals surface area contributed by atoms with Crippen molar-refractivity contribution in [3.05, 3.63) is 10.1 Å². The molecule has 102 valence electrons. The normalized spacial score (nSPS) is 48.1. The highest BCUT2D eigenvalue weighted by Crippen LogP contribution is 2.55. The molecular formula is C15H25NO2. The second-order valence-corrected chi connectivity index (χ2v) is 7.27. The van der Waals surface area contributed by atoms with Gasteiger partial charge in [-0.2, -0.15) is 0 Å². The first kappa shape index (κ1) is 12.4. The van der Waals surface area contributed by atoms with Crippen LogP contribution >= 0.6 is 0 Å². The standard InChI is InChI=1S/C15H25NO2/c1-14-8-2-10-15(16(17)18,11-3-9-14)13-6-4-12(14)5-7-13/h12-13H,2-11H2,1H3. The van der Waals surface area contributed by atoms with Crippen LogP contribution in [0.2, 0.25) is 0 Å². The molecule has 0 N–H and O–H groups in total. The summed E-state index contributed by atoms with van der Waals surface area (Å²) in [6.45, 7) is 2.46. The smallest absolute Gasteiger partial charge is 0.225 e. The highest BCUT2D eigenvalue weighted by Gasteiger charge is 2.54. The number of hydrogen-bond donors (Lipinski definition) is 0. The van der Waals surface area contributed by atoms with Crippen LogP contribution in [-0.2, 0) is 0 Å². The third-order valence-electron chi connectivity index (χ3n) is 6.55. The highest BCUT2D eigenvalue weighted by molar-refractivity contribution is 4.99. The summed E-state index contributed by atoms with van der Waals surface area (Å²) >= 11 is 0. The predicted octanol–water partition coefficient (Wildman–Crippen LogP) is 4.18. The molecule has 6 saturated carbocycles. The van der Waals surface area contributed by atoms with E-state index in [4.69, 9.17) is 0 Å². The molecular weight excluding hydrogens is 226 g/mol. The van der Waals surface area contributed by atoms with E-state index < -0.39 is 5.54 Å². The molecule has 0 radical (unpaired) electrons. The molecule has 0 amide bonds. The van der Waals surface area contributed by atoms with Gasteiger partial charge in [0.05, 0.1) is 0 Å². The molecule has 0 aromatic heterocycles. The Morgan fingerprint density at radius 1 is 0.944 bits per heavy atom. The molecule has 0 aromatic rings. The van der Waals surface area contributed by atoms with Crippen molar-refractivity contribution in [3.63, 3.8) is 0 Å². The molecule has 0 atom stereocenters. The lowest BCUT2D eigenvalue weighted by atomic mass is 9.65. The van der Waals surface area contributed by atoms with Crippen molar-refractivity contribution in [1.82, 2.24) is 0 Å². The summed E-state index contributed by atoms with van der Waals surface area (Å²) in [5, 5.41) is 11.7. The summed E-state index contributed by atoms with van der Waals surface area (Å²) < 4.78 is 0. The fourth-order valence-electron chi connectivity index (χ4n) is 5.32. The van der Waals surface area contributed by atoms with Crippen molar-refractivity contribution in [2.45, 2.75) is 76.7 Å². The molecule has 18 heavy (non-hydrogen) atoms. The van der Waals surface area contributed by atoms with Crippen LogP contribution in [-0.4, -0.2) is 10.5 Å². The third kappa shape index (κ3) is 1.70. The minimum Gasteiger partial charge on any atom is -0.264 e. The lowest BCUT2D eigenvalue weighted by Crippen LogP contribution is -2.46. The Hall–Kier alpha value is -0.600. The van der Waals surface area contributed by atoms with Gasteiger partial charge in [0.1, 0.15) is 0 Å². The molecule has 4 bridgehead atoms. The van der Waals surface area contributed by atoms with E-state index in [2.05, 4.69) is 6.92 Å². The predicted molar refractivity (Wildman–Crippen MR) is 71.0 cm³/mol. The van der Waals surface area contributed by atoms with Crippen LogP contribution in [0, 0.1) is 27.4 Å². The van der Waals surface area contributed by atoms with Gasteiger partial charge in [-0.05, 0) is 62.7 Å². The molecule has 0 unspecified atom stereocenters. The van der Waals surface area contributed by atoms with Crippen molar-refractivity contribution in [2.24, 2.45) is 17.3 Å². The Labute approximate surface area is 109 Å². The summed E-state index contributed by atoms with van der Waals surface area (Å²) in [4.78, 5) is 11.8. The zero-order valence-electron chi connectivity index (χ0n) is 11.5. The van der Waals surface area contributed by atoms with Crippen LogP contribution in [0.25, 0.3) is 0 Å². The molecule has 6 aliphatic rings. The van der Waals surface area contributed by atoms with Gasteiger partial charge in [0.25, 0.3) is 0 Å². The first-order valence-corrected chi connectivity index (χ1v) is 7.71. The van der Waals surface area contributed by atoms with E-state index in [-0.39, 0.29) is 4.92 Å². The molecule has 6 aliphatic carbocycles. The SMILES string of the molecule is CC12CCCC([N+](=O)[O-])(CCC1)C1CCC2CC1. The van der Waals surface area contributed by atoms with Crippen molar-refractivity contribution < 1.29 is 4.92 Å². The summed E-state index contributed by atoms with van der Waals surface area (Å²) in [6, 6.07) is 0. The zero-order valence-corrected chi connectivity index (χ0v) is 11.5. The van der Waals surface area contributed by atoms with Crippen LogP contribution in [0.5, 0.6) is 0 Å². The van der Waals surface area contributed by atoms with Gasteiger partial charge in [-0.25, -0.2) is 0 Å². The minimum atomic E-state index is -0.559. The molecule has 0 heterocycles. The van der Waals surface area contributed by atoms with Gasteiger partial charge in [-0.3, -0.25) is 10.1 Å². The number of hydrogen-bond acceptors (Lipinski definition) is 2. The Bertz CT molecular complexity index is 334. The van der Waals surface area contributed by atoms with Gasteiger partial charge < -0.3 is 0 Å². The average molecular weight is 251 g/mol. The zero-order chi connectivity index (χ0) is 12.8. The number of rotatable bonds is 1. The van der Waals surface area contributed by atoms with Gasteiger partial charge in [0.15, 0.2) is 0 Å². The van der Waals surface area contributed by atoms with Gasteiger partial charge in [-0.1, -0.05) is 6.92 Å². The highest BCUT2D eigenvalue weighted by atomic mass is 16.6. The van der Waals surface area contributed by atoms with E-state index in [1.807, 2.05) is 0 Å². The maximum atomic E-state index is 11.7. The Balaban J connectivity index is 2.01. The second-order valence-electron chi connectivity index (χ2n) is 7.27. The maximum absolute atomic E-state index is 11.7. The fourth-order valence-corrected chi connectivity index (χ4v) is 5.32. The van der Waals surface area contributed by atoms with E-state index in [0.717, 1.165) is 44.4 Å². The van der Waals surface area contributed by atoms with Gasteiger partial charge in [0, 0.05) is 23.7 Å². The van der Waals surface area contributed by atoms with Crippen molar-refractivity contribution >= 4 is 0 Å². The van der Waals surface area contributed by atoms with E-state index in [1.54, 1.807) is 0 Å². The van der Waals surface area contributed by atoms with Crippen molar-refractivity contribution in [1.29, 1.82) is 0 Å². The lowest BCUT2D eigenvalue weighted by molar-refractivity contribution is -0.585.